The second kappa shape index (κ2) is 6.77. The van der Waals surface area contributed by atoms with Crippen molar-refractivity contribution in [1.82, 2.24) is 0 Å². The SMILES string of the molecule is CCOc1cccc(C(N)c2ccc(OC)c(Br)c2)c1. The molecular weight excluding hydrogens is 318 g/mol. The monoisotopic (exact) mass is 335 g/mol. The number of hydrogen-bond acceptors (Lipinski definition) is 3. The Morgan fingerprint density at radius 1 is 1.15 bits per heavy atom. The Morgan fingerprint density at radius 3 is 2.55 bits per heavy atom. The molecular formula is C16H18BrNO2. The van der Waals surface area contributed by atoms with E-state index in [9.17, 15) is 0 Å². The van der Waals surface area contributed by atoms with Crippen LogP contribution in [-0.4, -0.2) is 13.7 Å². The van der Waals surface area contributed by atoms with Gasteiger partial charge in [-0.1, -0.05) is 18.2 Å². The number of benzene rings is 2. The van der Waals surface area contributed by atoms with E-state index in [0.717, 1.165) is 27.1 Å². The summed E-state index contributed by atoms with van der Waals surface area (Å²) in [6.45, 7) is 2.61. The van der Waals surface area contributed by atoms with Crippen LogP contribution < -0.4 is 15.2 Å². The van der Waals surface area contributed by atoms with Crippen LogP contribution in [0, 0.1) is 0 Å². The summed E-state index contributed by atoms with van der Waals surface area (Å²) in [6, 6.07) is 13.5. The number of halogens is 1. The minimum absolute atomic E-state index is 0.197. The predicted octanol–water partition coefficient (Wildman–Crippen LogP) is 3.90. The van der Waals surface area contributed by atoms with Crippen molar-refractivity contribution in [1.29, 1.82) is 0 Å². The summed E-state index contributed by atoms with van der Waals surface area (Å²) in [6.07, 6.45) is 0. The average Bonchev–Trinajstić information content (AvgIpc) is 2.47. The van der Waals surface area contributed by atoms with Gasteiger partial charge in [0.15, 0.2) is 0 Å². The molecule has 0 radical (unpaired) electrons. The van der Waals surface area contributed by atoms with Crippen molar-refractivity contribution in [2.75, 3.05) is 13.7 Å². The second-order valence-electron chi connectivity index (χ2n) is 4.38. The Morgan fingerprint density at radius 2 is 1.90 bits per heavy atom. The lowest BCUT2D eigenvalue weighted by molar-refractivity contribution is 0.340. The fraction of sp³-hybridized carbons (Fsp3) is 0.250. The highest BCUT2D eigenvalue weighted by molar-refractivity contribution is 9.10. The van der Waals surface area contributed by atoms with E-state index < -0.39 is 0 Å². The fourth-order valence-corrected chi connectivity index (χ4v) is 2.59. The van der Waals surface area contributed by atoms with Crippen LogP contribution in [0.1, 0.15) is 24.1 Å². The predicted molar refractivity (Wildman–Crippen MR) is 84.3 cm³/mol. The molecule has 0 aliphatic rings. The summed E-state index contributed by atoms with van der Waals surface area (Å²) >= 11 is 3.48. The first kappa shape index (κ1) is 14.9. The maximum absolute atomic E-state index is 6.32. The van der Waals surface area contributed by atoms with E-state index in [0.29, 0.717) is 6.61 Å². The van der Waals surface area contributed by atoms with Crippen molar-refractivity contribution >= 4 is 15.9 Å². The van der Waals surface area contributed by atoms with Gasteiger partial charge in [-0.25, -0.2) is 0 Å². The summed E-state index contributed by atoms with van der Waals surface area (Å²) in [7, 11) is 1.64. The highest BCUT2D eigenvalue weighted by Gasteiger charge is 2.12. The zero-order chi connectivity index (χ0) is 14.5. The lowest BCUT2D eigenvalue weighted by Crippen LogP contribution is -2.12. The molecule has 2 rings (SSSR count). The summed E-state index contributed by atoms with van der Waals surface area (Å²) in [5.41, 5.74) is 8.37. The summed E-state index contributed by atoms with van der Waals surface area (Å²) in [5.74, 6) is 1.64. The number of rotatable bonds is 5. The van der Waals surface area contributed by atoms with Crippen LogP contribution in [-0.2, 0) is 0 Å². The van der Waals surface area contributed by atoms with E-state index in [1.807, 2.05) is 49.4 Å². The van der Waals surface area contributed by atoms with Crippen LogP contribution in [0.25, 0.3) is 0 Å². The van der Waals surface area contributed by atoms with E-state index >= 15 is 0 Å². The highest BCUT2D eigenvalue weighted by atomic mass is 79.9. The molecule has 2 N–H and O–H groups in total. The van der Waals surface area contributed by atoms with Gasteiger partial charge >= 0.3 is 0 Å². The van der Waals surface area contributed by atoms with Crippen LogP contribution in [0.3, 0.4) is 0 Å². The summed E-state index contributed by atoms with van der Waals surface area (Å²) in [5, 5.41) is 0. The Balaban J connectivity index is 2.28. The molecule has 0 spiro atoms. The Kier molecular flexibility index (Phi) is 5.04. The first-order valence-corrected chi connectivity index (χ1v) is 7.26. The zero-order valence-electron chi connectivity index (χ0n) is 11.6. The molecule has 106 valence electrons. The molecule has 0 bridgehead atoms. The molecule has 0 saturated heterocycles. The molecule has 4 heteroatoms. The van der Waals surface area contributed by atoms with Crippen LogP contribution >= 0.6 is 15.9 Å². The van der Waals surface area contributed by atoms with Crippen molar-refractivity contribution in [3.05, 3.63) is 58.1 Å². The maximum Gasteiger partial charge on any atom is 0.133 e. The number of methoxy groups -OCH3 is 1. The Hall–Kier alpha value is -1.52. The van der Waals surface area contributed by atoms with Gasteiger partial charge in [0.05, 0.1) is 24.2 Å². The highest BCUT2D eigenvalue weighted by Crippen LogP contribution is 2.30. The number of hydrogen-bond donors (Lipinski definition) is 1. The minimum Gasteiger partial charge on any atom is -0.496 e. The van der Waals surface area contributed by atoms with E-state index in [1.165, 1.54) is 0 Å². The maximum atomic E-state index is 6.32. The van der Waals surface area contributed by atoms with Gasteiger partial charge in [-0.15, -0.1) is 0 Å². The van der Waals surface area contributed by atoms with E-state index in [1.54, 1.807) is 7.11 Å². The van der Waals surface area contributed by atoms with Crippen molar-refractivity contribution in [2.24, 2.45) is 5.73 Å². The van der Waals surface area contributed by atoms with E-state index in [-0.39, 0.29) is 6.04 Å². The molecule has 2 aromatic carbocycles. The van der Waals surface area contributed by atoms with Gasteiger partial charge in [0.25, 0.3) is 0 Å². The van der Waals surface area contributed by atoms with Crippen LogP contribution in [0.5, 0.6) is 11.5 Å². The molecule has 0 aliphatic carbocycles. The molecule has 1 atom stereocenters. The zero-order valence-corrected chi connectivity index (χ0v) is 13.2. The summed E-state index contributed by atoms with van der Waals surface area (Å²) < 4.78 is 11.6. The normalized spacial score (nSPS) is 12.0. The lowest BCUT2D eigenvalue weighted by Gasteiger charge is -2.15. The molecule has 0 amide bonds. The number of ether oxygens (including phenoxy) is 2. The first-order valence-electron chi connectivity index (χ1n) is 6.47. The van der Waals surface area contributed by atoms with Gasteiger partial charge in [0.2, 0.25) is 0 Å². The Labute approximate surface area is 127 Å². The van der Waals surface area contributed by atoms with Crippen LogP contribution in [0.15, 0.2) is 46.9 Å². The van der Waals surface area contributed by atoms with Crippen molar-refractivity contribution in [2.45, 2.75) is 13.0 Å². The van der Waals surface area contributed by atoms with Crippen molar-refractivity contribution in [3.63, 3.8) is 0 Å². The fourth-order valence-electron chi connectivity index (χ4n) is 2.03. The van der Waals surface area contributed by atoms with Gasteiger partial charge in [0.1, 0.15) is 11.5 Å². The molecule has 20 heavy (non-hydrogen) atoms. The van der Waals surface area contributed by atoms with Gasteiger partial charge < -0.3 is 15.2 Å². The third-order valence-electron chi connectivity index (χ3n) is 3.06. The molecule has 1 unspecified atom stereocenters. The smallest absolute Gasteiger partial charge is 0.133 e. The molecule has 0 heterocycles. The van der Waals surface area contributed by atoms with Crippen molar-refractivity contribution < 1.29 is 9.47 Å². The van der Waals surface area contributed by atoms with Gasteiger partial charge in [-0.3, -0.25) is 0 Å². The molecule has 0 fully saturated rings. The summed E-state index contributed by atoms with van der Waals surface area (Å²) in [4.78, 5) is 0. The molecule has 0 aliphatic heterocycles. The van der Waals surface area contributed by atoms with Gasteiger partial charge in [0, 0.05) is 0 Å². The van der Waals surface area contributed by atoms with Crippen molar-refractivity contribution in [3.8, 4) is 11.5 Å². The number of nitrogens with two attached hydrogens (primary N) is 1. The third-order valence-corrected chi connectivity index (χ3v) is 3.68. The lowest BCUT2D eigenvalue weighted by atomic mass is 9.99. The molecule has 0 saturated carbocycles. The van der Waals surface area contributed by atoms with Gasteiger partial charge in [-0.05, 0) is 58.2 Å². The first-order chi connectivity index (χ1) is 9.65. The van der Waals surface area contributed by atoms with Gasteiger partial charge in [-0.2, -0.15) is 0 Å². The quantitative estimate of drug-likeness (QED) is 0.900. The largest absolute Gasteiger partial charge is 0.496 e. The Bertz CT molecular complexity index is 586. The average molecular weight is 336 g/mol. The standard InChI is InChI=1S/C16H18BrNO2/c1-3-20-13-6-4-5-11(9-13)16(18)12-7-8-15(19-2)14(17)10-12/h4-10,16H,3,18H2,1-2H3. The van der Waals surface area contributed by atoms with E-state index in [4.69, 9.17) is 15.2 Å². The van der Waals surface area contributed by atoms with Crippen LogP contribution in [0.2, 0.25) is 0 Å². The third kappa shape index (κ3) is 3.32. The molecule has 2 aromatic rings. The molecule has 0 aromatic heterocycles. The van der Waals surface area contributed by atoms with E-state index in [2.05, 4.69) is 15.9 Å². The minimum atomic E-state index is -0.197. The van der Waals surface area contributed by atoms with Crippen LogP contribution in [0.4, 0.5) is 0 Å². The topological polar surface area (TPSA) is 44.5 Å². The molecule has 3 nitrogen and oxygen atoms in total. The second-order valence-corrected chi connectivity index (χ2v) is 5.23.